The summed E-state index contributed by atoms with van der Waals surface area (Å²) in [6.45, 7) is 3.88. The van der Waals surface area contributed by atoms with Crippen molar-refractivity contribution in [3.63, 3.8) is 0 Å². The van der Waals surface area contributed by atoms with Crippen molar-refractivity contribution in [2.75, 3.05) is 19.8 Å². The molecule has 2 rings (SSSR count). The highest BCUT2D eigenvalue weighted by atomic mass is 16.5. The summed E-state index contributed by atoms with van der Waals surface area (Å²) in [4.78, 5) is 0. The van der Waals surface area contributed by atoms with Gasteiger partial charge in [0.1, 0.15) is 17.6 Å². The smallest absolute Gasteiger partial charge is 0.121 e. The van der Waals surface area contributed by atoms with E-state index in [0.29, 0.717) is 24.3 Å². The Bertz CT molecular complexity index is 641. The Kier molecular flexibility index (Phi) is 11.2. The molecule has 0 aromatic heterocycles. The first-order valence-corrected chi connectivity index (χ1v) is 11.0. The van der Waals surface area contributed by atoms with Crippen LogP contribution in [0.4, 0.5) is 0 Å². The summed E-state index contributed by atoms with van der Waals surface area (Å²) in [5.74, 6) is 0.307. The Morgan fingerprint density at radius 1 is 0.655 bits per heavy atom. The Labute approximate surface area is 175 Å². The van der Waals surface area contributed by atoms with Crippen LogP contribution in [0.2, 0.25) is 0 Å². The first kappa shape index (κ1) is 23.2. The van der Waals surface area contributed by atoms with Gasteiger partial charge in [-0.05, 0) is 18.6 Å². The number of para-hydroxylation sites is 2. The summed E-state index contributed by atoms with van der Waals surface area (Å²) in [7, 11) is 0. The largest absolute Gasteiger partial charge is 0.508 e. The fraction of sp³-hybridized carbons (Fsp3) is 0.520. The van der Waals surface area contributed by atoms with Crippen molar-refractivity contribution < 1.29 is 19.7 Å². The quantitative estimate of drug-likeness (QED) is 0.341. The van der Waals surface area contributed by atoms with Gasteiger partial charge in [0, 0.05) is 17.7 Å². The average molecular weight is 401 g/mol. The van der Waals surface area contributed by atoms with Crippen molar-refractivity contribution in [3.8, 4) is 11.5 Å². The standard InChI is InChI=1S/C25H36O4/c1-2-3-4-5-6-7-8-13-18-28-19-20-29-25(21-14-9-11-16-23(21)26)22-15-10-12-17-24(22)27/h9-12,14-17,25-27H,2-8,13,18-20H2,1H3. The lowest BCUT2D eigenvalue weighted by molar-refractivity contribution is 0.0174. The van der Waals surface area contributed by atoms with Crippen LogP contribution >= 0.6 is 0 Å². The number of hydrogen-bond donors (Lipinski definition) is 2. The van der Waals surface area contributed by atoms with E-state index in [2.05, 4.69) is 6.92 Å². The van der Waals surface area contributed by atoms with Crippen molar-refractivity contribution in [2.45, 2.75) is 64.4 Å². The number of unbranched alkanes of at least 4 members (excludes halogenated alkanes) is 7. The molecule has 2 aromatic rings. The number of ether oxygens (including phenoxy) is 2. The van der Waals surface area contributed by atoms with Crippen molar-refractivity contribution in [2.24, 2.45) is 0 Å². The van der Waals surface area contributed by atoms with Gasteiger partial charge < -0.3 is 19.7 Å². The minimum atomic E-state index is -0.538. The van der Waals surface area contributed by atoms with Crippen LogP contribution in [0.3, 0.4) is 0 Å². The van der Waals surface area contributed by atoms with Gasteiger partial charge in [-0.15, -0.1) is 0 Å². The molecular formula is C25H36O4. The maximum absolute atomic E-state index is 10.2. The maximum atomic E-state index is 10.2. The molecule has 0 saturated carbocycles. The molecule has 29 heavy (non-hydrogen) atoms. The molecule has 4 nitrogen and oxygen atoms in total. The molecule has 160 valence electrons. The fourth-order valence-electron chi connectivity index (χ4n) is 3.43. The molecule has 0 bridgehead atoms. The molecule has 0 atom stereocenters. The summed E-state index contributed by atoms with van der Waals surface area (Å²) in [5.41, 5.74) is 1.27. The van der Waals surface area contributed by atoms with E-state index in [-0.39, 0.29) is 11.5 Å². The number of hydrogen-bond acceptors (Lipinski definition) is 4. The molecule has 0 saturated heterocycles. The van der Waals surface area contributed by atoms with E-state index in [4.69, 9.17) is 9.47 Å². The maximum Gasteiger partial charge on any atom is 0.121 e. The third kappa shape index (κ3) is 8.46. The molecule has 0 unspecified atom stereocenters. The van der Waals surface area contributed by atoms with Crippen LogP contribution in [0.25, 0.3) is 0 Å². The minimum absolute atomic E-state index is 0.153. The second-order valence-electron chi connectivity index (χ2n) is 7.46. The fourth-order valence-corrected chi connectivity index (χ4v) is 3.43. The molecule has 0 amide bonds. The number of phenols is 2. The predicted molar refractivity (Wildman–Crippen MR) is 117 cm³/mol. The first-order chi connectivity index (χ1) is 14.2. The van der Waals surface area contributed by atoms with Gasteiger partial charge in [-0.3, -0.25) is 0 Å². The minimum Gasteiger partial charge on any atom is -0.508 e. The van der Waals surface area contributed by atoms with Gasteiger partial charge >= 0.3 is 0 Å². The van der Waals surface area contributed by atoms with E-state index in [1.807, 2.05) is 24.3 Å². The topological polar surface area (TPSA) is 58.9 Å². The molecule has 0 fully saturated rings. The van der Waals surface area contributed by atoms with E-state index in [1.54, 1.807) is 24.3 Å². The van der Waals surface area contributed by atoms with Crippen LogP contribution in [-0.2, 0) is 9.47 Å². The molecule has 0 aliphatic carbocycles. The van der Waals surface area contributed by atoms with Gasteiger partial charge in [-0.1, -0.05) is 88.3 Å². The summed E-state index contributed by atoms with van der Waals surface area (Å²) in [6, 6.07) is 14.1. The van der Waals surface area contributed by atoms with E-state index in [0.717, 1.165) is 13.0 Å². The zero-order valence-corrected chi connectivity index (χ0v) is 17.7. The van der Waals surface area contributed by atoms with Crippen molar-refractivity contribution in [1.29, 1.82) is 0 Å². The Morgan fingerprint density at radius 3 is 1.72 bits per heavy atom. The number of benzene rings is 2. The van der Waals surface area contributed by atoms with Crippen molar-refractivity contribution >= 4 is 0 Å². The highest BCUT2D eigenvalue weighted by Crippen LogP contribution is 2.36. The lowest BCUT2D eigenvalue weighted by atomic mass is 9.99. The molecule has 2 aromatic carbocycles. The second-order valence-corrected chi connectivity index (χ2v) is 7.46. The van der Waals surface area contributed by atoms with Crippen molar-refractivity contribution in [1.82, 2.24) is 0 Å². The first-order valence-electron chi connectivity index (χ1n) is 11.0. The summed E-state index contributed by atoms with van der Waals surface area (Å²) in [5, 5.41) is 20.5. The van der Waals surface area contributed by atoms with Crippen LogP contribution in [0.15, 0.2) is 48.5 Å². The number of aromatic hydroxyl groups is 2. The summed E-state index contributed by atoms with van der Waals surface area (Å²) < 4.78 is 11.7. The van der Waals surface area contributed by atoms with Crippen LogP contribution in [-0.4, -0.2) is 30.0 Å². The molecule has 0 aliphatic rings. The van der Waals surface area contributed by atoms with Gasteiger partial charge in [0.25, 0.3) is 0 Å². The third-order valence-electron chi connectivity index (χ3n) is 5.09. The van der Waals surface area contributed by atoms with E-state index in [9.17, 15) is 10.2 Å². The van der Waals surface area contributed by atoms with Gasteiger partial charge in [0.15, 0.2) is 0 Å². The number of phenolic OH excluding ortho intramolecular Hbond substituents is 2. The molecule has 0 aliphatic heterocycles. The lowest BCUT2D eigenvalue weighted by Gasteiger charge is -2.21. The second kappa shape index (κ2) is 14.0. The number of rotatable bonds is 15. The Balaban J connectivity index is 1.72. The van der Waals surface area contributed by atoms with Crippen LogP contribution < -0.4 is 0 Å². The molecular weight excluding hydrogens is 364 g/mol. The van der Waals surface area contributed by atoms with Gasteiger partial charge in [0.05, 0.1) is 13.2 Å². The zero-order valence-electron chi connectivity index (χ0n) is 17.7. The molecule has 0 spiro atoms. The van der Waals surface area contributed by atoms with Crippen LogP contribution in [0, 0.1) is 0 Å². The molecule has 0 heterocycles. The Morgan fingerprint density at radius 2 is 1.17 bits per heavy atom. The SMILES string of the molecule is CCCCCCCCCCOCCOC(c1ccccc1O)c1ccccc1O. The van der Waals surface area contributed by atoms with E-state index < -0.39 is 6.10 Å². The molecule has 0 radical (unpaired) electrons. The van der Waals surface area contributed by atoms with Crippen LogP contribution in [0.1, 0.15) is 75.5 Å². The van der Waals surface area contributed by atoms with Gasteiger partial charge in [-0.25, -0.2) is 0 Å². The van der Waals surface area contributed by atoms with Crippen molar-refractivity contribution in [3.05, 3.63) is 59.7 Å². The van der Waals surface area contributed by atoms with Gasteiger partial charge in [-0.2, -0.15) is 0 Å². The highest BCUT2D eigenvalue weighted by molar-refractivity contribution is 5.44. The Hall–Kier alpha value is -2.04. The van der Waals surface area contributed by atoms with Gasteiger partial charge in [0.2, 0.25) is 0 Å². The molecule has 2 N–H and O–H groups in total. The highest BCUT2D eigenvalue weighted by Gasteiger charge is 2.20. The average Bonchev–Trinajstić information content (AvgIpc) is 2.73. The van der Waals surface area contributed by atoms with E-state index >= 15 is 0 Å². The third-order valence-corrected chi connectivity index (χ3v) is 5.09. The zero-order chi connectivity index (χ0) is 20.7. The summed E-state index contributed by atoms with van der Waals surface area (Å²) in [6.07, 6.45) is 9.72. The summed E-state index contributed by atoms with van der Waals surface area (Å²) >= 11 is 0. The van der Waals surface area contributed by atoms with Crippen LogP contribution in [0.5, 0.6) is 11.5 Å². The monoisotopic (exact) mass is 400 g/mol. The lowest BCUT2D eigenvalue weighted by Crippen LogP contribution is -2.12. The predicted octanol–water partition coefficient (Wildman–Crippen LogP) is 6.36. The molecule has 4 heteroatoms. The van der Waals surface area contributed by atoms with E-state index in [1.165, 1.54) is 44.9 Å². The normalized spacial score (nSPS) is 11.2.